The number of fused-ring (bicyclic) bond motifs is 2. The van der Waals surface area contributed by atoms with Gasteiger partial charge in [0.05, 0.1) is 11.8 Å². The maximum absolute atomic E-state index is 12.7. The molecule has 0 saturated heterocycles. The van der Waals surface area contributed by atoms with Gasteiger partial charge in [0.25, 0.3) is 5.91 Å². The van der Waals surface area contributed by atoms with E-state index in [1.54, 1.807) is 37.3 Å². The van der Waals surface area contributed by atoms with Crippen LogP contribution in [0.4, 0.5) is 0 Å². The van der Waals surface area contributed by atoms with Crippen molar-refractivity contribution in [3.63, 3.8) is 0 Å². The normalized spacial score (nSPS) is 11.9. The highest BCUT2D eigenvalue weighted by atomic mass is 16.5. The van der Waals surface area contributed by atoms with E-state index in [1.165, 1.54) is 6.21 Å². The van der Waals surface area contributed by atoms with E-state index in [2.05, 4.69) is 10.5 Å². The zero-order valence-corrected chi connectivity index (χ0v) is 20.1. The van der Waals surface area contributed by atoms with Gasteiger partial charge in [-0.1, -0.05) is 66.7 Å². The molecule has 37 heavy (non-hydrogen) atoms. The van der Waals surface area contributed by atoms with Gasteiger partial charge in [0.1, 0.15) is 11.5 Å². The largest absolute Gasteiger partial charge is 0.481 e. The second kappa shape index (κ2) is 10.7. The van der Waals surface area contributed by atoms with Crippen molar-refractivity contribution in [2.45, 2.75) is 13.0 Å². The van der Waals surface area contributed by atoms with Crippen LogP contribution in [0.2, 0.25) is 0 Å². The van der Waals surface area contributed by atoms with E-state index in [4.69, 9.17) is 9.47 Å². The molecule has 0 radical (unpaired) electrons. The smallest absolute Gasteiger partial charge is 0.344 e. The van der Waals surface area contributed by atoms with Crippen molar-refractivity contribution in [1.29, 1.82) is 0 Å². The van der Waals surface area contributed by atoms with Gasteiger partial charge < -0.3 is 9.47 Å². The number of carbonyl (C=O) groups is 2. The first-order chi connectivity index (χ1) is 18.1. The van der Waals surface area contributed by atoms with Gasteiger partial charge in [-0.05, 0) is 76.5 Å². The first-order valence-corrected chi connectivity index (χ1v) is 11.9. The lowest BCUT2D eigenvalue weighted by Crippen LogP contribution is -2.33. The molecular weight excluding hydrogens is 464 g/mol. The van der Waals surface area contributed by atoms with Crippen LogP contribution in [0.25, 0.3) is 21.5 Å². The van der Waals surface area contributed by atoms with Gasteiger partial charge in [-0.3, -0.25) is 4.79 Å². The molecule has 0 saturated carbocycles. The lowest BCUT2D eigenvalue weighted by atomic mass is 10.0. The number of hydrazone groups is 1. The van der Waals surface area contributed by atoms with E-state index in [1.807, 2.05) is 78.9 Å². The Kier molecular flexibility index (Phi) is 6.90. The Hall–Kier alpha value is -4.97. The number of carbonyl (C=O) groups excluding carboxylic acids is 2. The van der Waals surface area contributed by atoms with Crippen molar-refractivity contribution < 1.29 is 19.1 Å². The summed E-state index contributed by atoms with van der Waals surface area (Å²) in [5.74, 6) is 0.228. The lowest BCUT2D eigenvalue weighted by Gasteiger charge is -2.13. The molecule has 0 aliphatic heterocycles. The molecule has 0 spiro atoms. The molecule has 1 amide bonds. The number of esters is 1. The third-order valence-corrected chi connectivity index (χ3v) is 5.89. The second-order valence-corrected chi connectivity index (χ2v) is 8.49. The summed E-state index contributed by atoms with van der Waals surface area (Å²) in [6.07, 6.45) is 0.783. The van der Waals surface area contributed by atoms with Crippen LogP contribution in [0, 0.1) is 0 Å². The highest BCUT2D eigenvalue weighted by Crippen LogP contribution is 2.22. The van der Waals surface area contributed by atoms with Gasteiger partial charge in [0, 0.05) is 0 Å². The van der Waals surface area contributed by atoms with Crippen LogP contribution in [0.1, 0.15) is 22.8 Å². The molecule has 0 aromatic heterocycles. The maximum Gasteiger partial charge on any atom is 0.344 e. The standard InChI is InChI=1S/C31H24N2O4/c1-21(36-27-18-15-23-7-2-3-9-25(23)19-27)30(34)33-32-20-22-13-16-26(17-14-22)37-31(35)29-12-6-10-24-8-4-5-11-28(24)29/h2-21H,1H3,(H,33,34)/b32-20+. The molecule has 0 aliphatic rings. The van der Waals surface area contributed by atoms with Crippen LogP contribution in [0.15, 0.2) is 114 Å². The van der Waals surface area contributed by atoms with Crippen molar-refractivity contribution in [1.82, 2.24) is 5.43 Å². The van der Waals surface area contributed by atoms with Gasteiger partial charge in [-0.15, -0.1) is 0 Å². The van der Waals surface area contributed by atoms with Crippen molar-refractivity contribution in [3.05, 3.63) is 120 Å². The van der Waals surface area contributed by atoms with E-state index in [0.717, 1.165) is 27.1 Å². The van der Waals surface area contributed by atoms with Crippen LogP contribution in [-0.2, 0) is 4.79 Å². The van der Waals surface area contributed by atoms with E-state index in [0.29, 0.717) is 17.1 Å². The summed E-state index contributed by atoms with van der Waals surface area (Å²) in [5, 5.41) is 7.97. The number of rotatable bonds is 7. The summed E-state index contributed by atoms with van der Waals surface area (Å²) in [5.41, 5.74) is 3.73. The van der Waals surface area contributed by atoms with Crippen molar-refractivity contribution in [3.8, 4) is 11.5 Å². The first kappa shape index (κ1) is 23.8. The summed E-state index contributed by atoms with van der Waals surface area (Å²) in [4.78, 5) is 25.1. The fourth-order valence-electron chi connectivity index (χ4n) is 3.95. The van der Waals surface area contributed by atoms with E-state index in [9.17, 15) is 9.59 Å². The van der Waals surface area contributed by atoms with Crippen LogP contribution in [0.5, 0.6) is 11.5 Å². The molecule has 0 aliphatic carbocycles. The first-order valence-electron chi connectivity index (χ1n) is 11.9. The van der Waals surface area contributed by atoms with Gasteiger partial charge in [0.15, 0.2) is 6.10 Å². The number of ether oxygens (including phenoxy) is 2. The van der Waals surface area contributed by atoms with Crippen LogP contribution in [0.3, 0.4) is 0 Å². The monoisotopic (exact) mass is 488 g/mol. The zero-order valence-electron chi connectivity index (χ0n) is 20.1. The predicted octanol–water partition coefficient (Wildman–Crippen LogP) is 6.13. The Labute approximate surface area is 214 Å². The Morgan fingerprint density at radius 3 is 2.24 bits per heavy atom. The van der Waals surface area contributed by atoms with E-state index in [-0.39, 0.29) is 5.91 Å². The number of nitrogens with zero attached hydrogens (tertiary/aromatic N) is 1. The second-order valence-electron chi connectivity index (χ2n) is 8.49. The van der Waals surface area contributed by atoms with Gasteiger partial charge >= 0.3 is 5.97 Å². The summed E-state index contributed by atoms with van der Waals surface area (Å²) in [6.45, 7) is 1.67. The molecule has 1 N–H and O–H groups in total. The summed E-state index contributed by atoms with van der Waals surface area (Å²) < 4.78 is 11.3. The van der Waals surface area contributed by atoms with Gasteiger partial charge in [-0.25, -0.2) is 10.2 Å². The Morgan fingerprint density at radius 2 is 1.43 bits per heavy atom. The summed E-state index contributed by atoms with van der Waals surface area (Å²) in [7, 11) is 0. The summed E-state index contributed by atoms with van der Waals surface area (Å²) >= 11 is 0. The number of amides is 1. The molecule has 1 atom stereocenters. The molecule has 5 aromatic carbocycles. The Bertz CT molecular complexity index is 1600. The third-order valence-electron chi connectivity index (χ3n) is 5.89. The van der Waals surface area contributed by atoms with Gasteiger partial charge in [-0.2, -0.15) is 5.10 Å². The average Bonchev–Trinajstić information content (AvgIpc) is 2.93. The highest BCUT2D eigenvalue weighted by molar-refractivity contribution is 6.05. The van der Waals surface area contributed by atoms with Crippen molar-refractivity contribution in [2.75, 3.05) is 0 Å². The molecule has 6 nitrogen and oxygen atoms in total. The molecule has 0 fully saturated rings. The van der Waals surface area contributed by atoms with Crippen LogP contribution >= 0.6 is 0 Å². The Balaban J connectivity index is 1.15. The predicted molar refractivity (Wildman–Crippen MR) is 145 cm³/mol. The van der Waals surface area contributed by atoms with E-state index < -0.39 is 12.1 Å². The van der Waals surface area contributed by atoms with Crippen molar-refractivity contribution >= 4 is 39.6 Å². The zero-order chi connectivity index (χ0) is 25.6. The quantitative estimate of drug-likeness (QED) is 0.129. The molecular formula is C31H24N2O4. The minimum Gasteiger partial charge on any atom is -0.481 e. The van der Waals surface area contributed by atoms with Crippen molar-refractivity contribution in [2.24, 2.45) is 5.10 Å². The fraction of sp³-hybridized carbons (Fsp3) is 0.0645. The minimum absolute atomic E-state index is 0.370. The Morgan fingerprint density at radius 1 is 0.757 bits per heavy atom. The minimum atomic E-state index is -0.728. The molecule has 6 heteroatoms. The topological polar surface area (TPSA) is 77.0 Å². The fourth-order valence-corrected chi connectivity index (χ4v) is 3.95. The molecule has 5 aromatic rings. The van der Waals surface area contributed by atoms with Crippen LogP contribution < -0.4 is 14.9 Å². The lowest BCUT2D eigenvalue weighted by molar-refractivity contribution is -0.127. The number of nitrogens with one attached hydrogen (secondary N) is 1. The SMILES string of the molecule is CC(Oc1ccc2ccccc2c1)C(=O)N/N=C/c1ccc(OC(=O)c2cccc3ccccc23)cc1. The number of hydrogen-bond donors (Lipinski definition) is 1. The highest BCUT2D eigenvalue weighted by Gasteiger charge is 2.14. The van der Waals surface area contributed by atoms with Crippen LogP contribution in [-0.4, -0.2) is 24.2 Å². The molecule has 0 bridgehead atoms. The maximum atomic E-state index is 12.7. The molecule has 182 valence electrons. The van der Waals surface area contributed by atoms with Gasteiger partial charge in [0.2, 0.25) is 0 Å². The summed E-state index contributed by atoms with van der Waals surface area (Å²) in [6, 6.07) is 33.7. The molecule has 0 heterocycles. The average molecular weight is 489 g/mol. The van der Waals surface area contributed by atoms with E-state index >= 15 is 0 Å². The molecule has 1 unspecified atom stereocenters. The third kappa shape index (κ3) is 5.65. The molecule has 5 rings (SSSR count). The number of benzene rings is 5. The number of hydrogen-bond acceptors (Lipinski definition) is 5.